The molecule has 1 saturated heterocycles. The van der Waals surface area contributed by atoms with Gasteiger partial charge in [0.25, 0.3) is 0 Å². The van der Waals surface area contributed by atoms with Gasteiger partial charge in [-0.3, -0.25) is 0 Å². The molecule has 0 bridgehead atoms. The summed E-state index contributed by atoms with van der Waals surface area (Å²) in [6.07, 6.45) is 1.69. The molecule has 2 rings (SSSR count). The van der Waals surface area contributed by atoms with Gasteiger partial charge in [0.2, 0.25) is 10.0 Å². The largest absolute Gasteiger partial charge is 0.315 e. The molecule has 2 N–H and O–H groups in total. The van der Waals surface area contributed by atoms with Crippen LogP contribution in [0.2, 0.25) is 0 Å². The molecule has 1 fully saturated rings. The van der Waals surface area contributed by atoms with E-state index in [0.717, 1.165) is 19.4 Å². The van der Waals surface area contributed by atoms with Gasteiger partial charge in [0.15, 0.2) is 9.84 Å². The highest BCUT2D eigenvalue weighted by molar-refractivity contribution is 7.91. The summed E-state index contributed by atoms with van der Waals surface area (Å²) in [6.45, 7) is 3.01. The molecule has 9 heteroatoms. The van der Waals surface area contributed by atoms with Gasteiger partial charge in [-0.15, -0.1) is 12.4 Å². The first-order chi connectivity index (χ1) is 9.85. The third-order valence-electron chi connectivity index (χ3n) is 3.47. The molecule has 1 aromatic rings. The minimum absolute atomic E-state index is 0. The molecular formula is C13H21ClN2O4S2. The van der Waals surface area contributed by atoms with Crippen molar-refractivity contribution in [3.63, 3.8) is 0 Å². The van der Waals surface area contributed by atoms with Crippen LogP contribution in [0, 0.1) is 0 Å². The van der Waals surface area contributed by atoms with E-state index in [-0.39, 0.29) is 34.0 Å². The molecule has 22 heavy (non-hydrogen) atoms. The van der Waals surface area contributed by atoms with E-state index in [9.17, 15) is 16.8 Å². The summed E-state index contributed by atoms with van der Waals surface area (Å²) in [5.74, 6) is -0.0591. The van der Waals surface area contributed by atoms with Crippen molar-refractivity contribution in [2.75, 3.05) is 18.8 Å². The Hall–Kier alpha value is -0.670. The number of benzene rings is 1. The van der Waals surface area contributed by atoms with Crippen molar-refractivity contribution in [3.8, 4) is 0 Å². The van der Waals surface area contributed by atoms with Crippen molar-refractivity contribution in [1.29, 1.82) is 0 Å². The van der Waals surface area contributed by atoms with Gasteiger partial charge in [-0.1, -0.05) is 13.0 Å². The van der Waals surface area contributed by atoms with Crippen molar-refractivity contribution in [1.82, 2.24) is 10.0 Å². The van der Waals surface area contributed by atoms with E-state index in [0.29, 0.717) is 6.54 Å². The van der Waals surface area contributed by atoms with Crippen LogP contribution in [0.25, 0.3) is 0 Å². The molecule has 1 heterocycles. The number of sulfone groups is 1. The van der Waals surface area contributed by atoms with Crippen LogP contribution >= 0.6 is 12.4 Å². The summed E-state index contributed by atoms with van der Waals surface area (Å²) in [5.41, 5.74) is 0. The lowest BCUT2D eigenvalue weighted by atomic mass is 10.1. The third kappa shape index (κ3) is 4.66. The van der Waals surface area contributed by atoms with E-state index >= 15 is 0 Å². The standard InChI is InChI=1S/C13H20N2O4S2.ClH/c1-2-20(16,17)12-6-3-7-13(9-12)21(18,19)15-11-5-4-8-14-10-11;/h3,6-7,9,11,14-15H,2,4-5,8,10H2,1H3;1H. The molecule has 1 aromatic carbocycles. The maximum Gasteiger partial charge on any atom is 0.240 e. The first-order valence-corrected chi connectivity index (χ1v) is 10.0. The lowest BCUT2D eigenvalue weighted by Crippen LogP contribution is -2.45. The predicted molar refractivity (Wildman–Crippen MR) is 87.6 cm³/mol. The number of piperidine rings is 1. The molecule has 0 aromatic heterocycles. The first kappa shape index (κ1) is 19.4. The van der Waals surface area contributed by atoms with E-state index in [4.69, 9.17) is 0 Å². The second-order valence-corrected chi connectivity index (χ2v) is 9.04. The zero-order chi connectivity index (χ0) is 15.5. The topological polar surface area (TPSA) is 92.3 Å². The SMILES string of the molecule is CCS(=O)(=O)c1cccc(S(=O)(=O)NC2CCCNC2)c1.Cl. The number of nitrogens with one attached hydrogen (secondary N) is 2. The van der Waals surface area contributed by atoms with Crippen LogP contribution in [-0.4, -0.2) is 41.7 Å². The van der Waals surface area contributed by atoms with E-state index in [2.05, 4.69) is 10.0 Å². The third-order valence-corrected chi connectivity index (χ3v) is 6.72. The number of hydrogen-bond donors (Lipinski definition) is 2. The van der Waals surface area contributed by atoms with Crippen molar-refractivity contribution in [3.05, 3.63) is 24.3 Å². The Balaban J connectivity index is 0.00000242. The average molecular weight is 369 g/mol. The fraction of sp³-hybridized carbons (Fsp3) is 0.538. The molecule has 1 aliphatic rings. The Labute approximate surface area is 138 Å². The van der Waals surface area contributed by atoms with Crippen LogP contribution < -0.4 is 10.0 Å². The highest BCUT2D eigenvalue weighted by Gasteiger charge is 2.23. The van der Waals surface area contributed by atoms with Gasteiger partial charge >= 0.3 is 0 Å². The van der Waals surface area contributed by atoms with E-state index in [1.54, 1.807) is 0 Å². The maximum absolute atomic E-state index is 12.3. The summed E-state index contributed by atoms with van der Waals surface area (Å²) < 4.78 is 51.0. The average Bonchev–Trinajstić information content (AvgIpc) is 2.48. The van der Waals surface area contributed by atoms with E-state index < -0.39 is 19.9 Å². The number of sulfonamides is 1. The van der Waals surface area contributed by atoms with Crippen molar-refractivity contribution >= 4 is 32.3 Å². The second-order valence-electron chi connectivity index (χ2n) is 5.04. The van der Waals surface area contributed by atoms with Crippen molar-refractivity contribution < 1.29 is 16.8 Å². The van der Waals surface area contributed by atoms with Gasteiger partial charge in [0, 0.05) is 12.6 Å². The Morgan fingerprint density at radius 3 is 2.50 bits per heavy atom. The van der Waals surface area contributed by atoms with E-state index in [1.165, 1.54) is 31.2 Å². The summed E-state index contributed by atoms with van der Waals surface area (Å²) in [4.78, 5) is 0.0252. The Bertz CT molecular complexity index is 699. The molecular weight excluding hydrogens is 348 g/mol. The molecule has 1 aliphatic heterocycles. The van der Waals surface area contributed by atoms with Crippen LogP contribution in [0.3, 0.4) is 0 Å². The molecule has 1 atom stereocenters. The normalized spacial score (nSPS) is 19.4. The lowest BCUT2D eigenvalue weighted by Gasteiger charge is -2.23. The fourth-order valence-corrected chi connectivity index (χ4v) is 4.56. The van der Waals surface area contributed by atoms with Crippen LogP contribution in [0.5, 0.6) is 0 Å². The Kier molecular flexibility index (Phi) is 6.82. The summed E-state index contributed by atoms with van der Waals surface area (Å²) in [5, 5.41) is 3.13. The summed E-state index contributed by atoms with van der Waals surface area (Å²) >= 11 is 0. The molecule has 0 spiro atoms. The minimum Gasteiger partial charge on any atom is -0.315 e. The molecule has 0 aliphatic carbocycles. The second kappa shape index (κ2) is 7.74. The molecule has 0 radical (unpaired) electrons. The number of halogens is 1. The highest BCUT2D eigenvalue weighted by atomic mass is 35.5. The molecule has 0 saturated carbocycles. The first-order valence-electron chi connectivity index (χ1n) is 6.91. The van der Waals surface area contributed by atoms with Gasteiger partial charge in [-0.05, 0) is 37.6 Å². The smallest absolute Gasteiger partial charge is 0.240 e. The molecule has 0 amide bonds. The molecule has 126 valence electrons. The van der Waals surface area contributed by atoms with Gasteiger partial charge in [-0.2, -0.15) is 0 Å². The minimum atomic E-state index is -3.71. The van der Waals surface area contributed by atoms with Gasteiger partial charge < -0.3 is 5.32 Å². The molecule has 6 nitrogen and oxygen atoms in total. The quantitative estimate of drug-likeness (QED) is 0.806. The zero-order valence-corrected chi connectivity index (χ0v) is 14.7. The fourth-order valence-electron chi connectivity index (χ4n) is 2.24. The summed E-state index contributed by atoms with van der Waals surface area (Å²) in [6, 6.07) is 5.34. The molecule has 1 unspecified atom stereocenters. The predicted octanol–water partition coefficient (Wildman–Crippen LogP) is 0.932. The lowest BCUT2D eigenvalue weighted by molar-refractivity contribution is 0.428. The zero-order valence-electron chi connectivity index (χ0n) is 12.3. The number of rotatable bonds is 5. The van der Waals surface area contributed by atoms with Crippen LogP contribution in [-0.2, 0) is 19.9 Å². The number of hydrogen-bond acceptors (Lipinski definition) is 5. The van der Waals surface area contributed by atoms with E-state index in [1.807, 2.05) is 0 Å². The highest BCUT2D eigenvalue weighted by Crippen LogP contribution is 2.17. The Morgan fingerprint density at radius 1 is 1.23 bits per heavy atom. The van der Waals surface area contributed by atoms with Crippen LogP contribution in [0.4, 0.5) is 0 Å². The van der Waals surface area contributed by atoms with Crippen molar-refractivity contribution in [2.45, 2.75) is 35.6 Å². The van der Waals surface area contributed by atoms with Crippen LogP contribution in [0.1, 0.15) is 19.8 Å². The monoisotopic (exact) mass is 368 g/mol. The maximum atomic E-state index is 12.3. The van der Waals surface area contributed by atoms with Gasteiger partial charge in [0.05, 0.1) is 15.5 Å². The van der Waals surface area contributed by atoms with Gasteiger partial charge in [0.1, 0.15) is 0 Å². The van der Waals surface area contributed by atoms with Crippen LogP contribution in [0.15, 0.2) is 34.1 Å². The summed E-state index contributed by atoms with van der Waals surface area (Å²) in [7, 11) is -7.12. The van der Waals surface area contributed by atoms with Crippen molar-refractivity contribution in [2.24, 2.45) is 0 Å². The Morgan fingerprint density at radius 2 is 1.91 bits per heavy atom. The van der Waals surface area contributed by atoms with Gasteiger partial charge in [-0.25, -0.2) is 21.6 Å².